The molecule has 0 N–H and O–H groups in total. The number of amides is 1. The first kappa shape index (κ1) is 13.2. The maximum atomic E-state index is 12.8. The third kappa shape index (κ3) is 1.42. The fourth-order valence-corrected chi connectivity index (χ4v) is 3.69. The highest BCUT2D eigenvalue weighted by molar-refractivity contribution is 6.02. The summed E-state index contributed by atoms with van der Waals surface area (Å²) in [5.41, 5.74) is 0.803. The Labute approximate surface area is 118 Å². The highest BCUT2D eigenvalue weighted by Gasteiger charge is 2.61. The summed E-state index contributed by atoms with van der Waals surface area (Å²) in [6, 6.07) is 7.38. The van der Waals surface area contributed by atoms with Crippen molar-refractivity contribution >= 4 is 11.9 Å². The Morgan fingerprint density at radius 1 is 1.25 bits per heavy atom. The number of esters is 1. The summed E-state index contributed by atoms with van der Waals surface area (Å²) in [5.74, 6) is -0.640. The number of nitrogens with zero attached hydrogens (tertiary/aromatic N) is 1. The normalized spacial score (nSPS) is 32.1. The second kappa shape index (κ2) is 4.08. The molecular formula is C16H19NO3. The fraction of sp³-hybridized carbons (Fsp3) is 0.500. The molecule has 1 saturated heterocycles. The lowest BCUT2D eigenvalue weighted by molar-refractivity contribution is -0.142. The number of hydrogen-bond donors (Lipinski definition) is 0. The standard InChI is InChI=1S/C16H19NO3/c1-9(2)17-14(18)12-8-6-5-7-11(12)13-15(19)20-10(3)16(13,17)4/h5-10,13H,1-4H3. The molecule has 0 saturated carbocycles. The minimum atomic E-state index is -0.614. The Hall–Kier alpha value is -1.84. The molecule has 3 rings (SSSR count). The highest BCUT2D eigenvalue weighted by atomic mass is 16.6. The molecule has 1 amide bonds. The van der Waals surface area contributed by atoms with Crippen LogP contribution in [-0.4, -0.2) is 34.5 Å². The lowest BCUT2D eigenvalue weighted by atomic mass is 9.72. The number of fused-ring (bicyclic) bond motifs is 3. The topological polar surface area (TPSA) is 46.6 Å². The number of hydrogen-bond acceptors (Lipinski definition) is 3. The van der Waals surface area contributed by atoms with E-state index in [1.165, 1.54) is 0 Å². The van der Waals surface area contributed by atoms with Crippen LogP contribution in [0.5, 0.6) is 0 Å². The molecule has 2 aliphatic rings. The van der Waals surface area contributed by atoms with Crippen molar-refractivity contribution in [2.45, 2.75) is 51.3 Å². The van der Waals surface area contributed by atoms with Gasteiger partial charge in [-0.05, 0) is 39.3 Å². The van der Waals surface area contributed by atoms with Crippen LogP contribution in [0, 0.1) is 0 Å². The van der Waals surface area contributed by atoms with Gasteiger partial charge in [0.1, 0.15) is 12.0 Å². The largest absolute Gasteiger partial charge is 0.460 e. The van der Waals surface area contributed by atoms with Crippen LogP contribution in [-0.2, 0) is 9.53 Å². The molecule has 4 nitrogen and oxygen atoms in total. The lowest BCUT2D eigenvalue weighted by Crippen LogP contribution is -2.62. The van der Waals surface area contributed by atoms with Gasteiger partial charge in [-0.2, -0.15) is 0 Å². The zero-order valence-electron chi connectivity index (χ0n) is 12.2. The van der Waals surface area contributed by atoms with Gasteiger partial charge in [0.25, 0.3) is 5.91 Å². The molecule has 1 aromatic rings. The number of cyclic esters (lactones) is 1. The SMILES string of the molecule is CC(C)N1C(=O)c2ccccc2C2C(=O)OC(C)C21C. The molecule has 0 radical (unpaired) electrons. The lowest BCUT2D eigenvalue weighted by Gasteiger charge is -2.48. The molecule has 3 atom stereocenters. The Balaban J connectivity index is 2.28. The Morgan fingerprint density at radius 3 is 2.55 bits per heavy atom. The van der Waals surface area contributed by atoms with Crippen molar-refractivity contribution in [2.75, 3.05) is 0 Å². The van der Waals surface area contributed by atoms with E-state index in [1.807, 2.05) is 50.8 Å². The van der Waals surface area contributed by atoms with Gasteiger partial charge >= 0.3 is 5.97 Å². The molecule has 0 aliphatic carbocycles. The molecule has 1 aromatic carbocycles. The first-order chi connectivity index (χ1) is 9.39. The van der Waals surface area contributed by atoms with Crippen LogP contribution in [0.2, 0.25) is 0 Å². The molecule has 2 aliphatic heterocycles. The minimum absolute atomic E-state index is 0.0142. The second-order valence-electron chi connectivity index (χ2n) is 6.09. The fourth-order valence-electron chi connectivity index (χ4n) is 3.69. The van der Waals surface area contributed by atoms with Gasteiger partial charge in [-0.3, -0.25) is 9.59 Å². The van der Waals surface area contributed by atoms with Crippen LogP contribution in [0.4, 0.5) is 0 Å². The minimum Gasteiger partial charge on any atom is -0.460 e. The summed E-state index contributed by atoms with van der Waals surface area (Å²) in [6.45, 7) is 7.78. The number of ether oxygens (including phenoxy) is 1. The maximum Gasteiger partial charge on any atom is 0.316 e. The van der Waals surface area contributed by atoms with Gasteiger partial charge in [-0.15, -0.1) is 0 Å². The van der Waals surface area contributed by atoms with Crippen LogP contribution in [0.1, 0.15) is 49.5 Å². The molecule has 0 bridgehead atoms. The third-order valence-electron chi connectivity index (χ3n) is 4.69. The van der Waals surface area contributed by atoms with Crippen molar-refractivity contribution in [3.8, 4) is 0 Å². The quantitative estimate of drug-likeness (QED) is 0.738. The highest BCUT2D eigenvalue weighted by Crippen LogP contribution is 2.49. The smallest absolute Gasteiger partial charge is 0.316 e. The van der Waals surface area contributed by atoms with Crippen molar-refractivity contribution in [1.29, 1.82) is 0 Å². The van der Waals surface area contributed by atoms with E-state index < -0.39 is 11.5 Å². The molecule has 0 spiro atoms. The van der Waals surface area contributed by atoms with Gasteiger partial charge in [-0.1, -0.05) is 18.2 Å². The van der Waals surface area contributed by atoms with E-state index >= 15 is 0 Å². The number of carbonyl (C=O) groups is 2. The van der Waals surface area contributed by atoms with E-state index in [2.05, 4.69) is 0 Å². The molecule has 2 heterocycles. The summed E-state index contributed by atoms with van der Waals surface area (Å²) in [7, 11) is 0. The summed E-state index contributed by atoms with van der Waals surface area (Å²) in [6.07, 6.45) is -0.306. The maximum absolute atomic E-state index is 12.8. The molecular weight excluding hydrogens is 254 g/mol. The van der Waals surface area contributed by atoms with E-state index in [9.17, 15) is 9.59 Å². The van der Waals surface area contributed by atoms with Crippen LogP contribution < -0.4 is 0 Å². The zero-order chi connectivity index (χ0) is 14.7. The van der Waals surface area contributed by atoms with E-state index in [0.29, 0.717) is 5.56 Å². The summed E-state index contributed by atoms with van der Waals surface area (Å²) in [4.78, 5) is 26.9. The predicted molar refractivity (Wildman–Crippen MR) is 74.4 cm³/mol. The predicted octanol–water partition coefficient (Wildman–Crippen LogP) is 2.34. The molecule has 3 unspecified atom stereocenters. The van der Waals surface area contributed by atoms with E-state index in [-0.39, 0.29) is 24.0 Å². The van der Waals surface area contributed by atoms with E-state index in [1.54, 1.807) is 6.07 Å². The van der Waals surface area contributed by atoms with Crippen molar-refractivity contribution in [3.63, 3.8) is 0 Å². The van der Waals surface area contributed by atoms with Gasteiger partial charge in [0.2, 0.25) is 0 Å². The Kier molecular flexibility index (Phi) is 2.68. The van der Waals surface area contributed by atoms with Gasteiger partial charge in [0, 0.05) is 11.6 Å². The van der Waals surface area contributed by atoms with E-state index in [4.69, 9.17) is 4.74 Å². The van der Waals surface area contributed by atoms with Crippen LogP contribution in [0.3, 0.4) is 0 Å². The summed E-state index contributed by atoms with van der Waals surface area (Å²) >= 11 is 0. The second-order valence-corrected chi connectivity index (χ2v) is 6.09. The van der Waals surface area contributed by atoms with Crippen LogP contribution >= 0.6 is 0 Å². The van der Waals surface area contributed by atoms with Crippen molar-refractivity contribution in [3.05, 3.63) is 35.4 Å². The number of benzene rings is 1. The Bertz CT molecular complexity index is 595. The van der Waals surface area contributed by atoms with Crippen LogP contribution in [0.25, 0.3) is 0 Å². The summed E-state index contributed by atoms with van der Waals surface area (Å²) < 4.78 is 5.46. The first-order valence-corrected chi connectivity index (χ1v) is 7.02. The van der Waals surface area contributed by atoms with Crippen molar-refractivity contribution in [2.24, 2.45) is 0 Å². The molecule has 20 heavy (non-hydrogen) atoms. The van der Waals surface area contributed by atoms with Gasteiger partial charge in [0.05, 0.1) is 5.54 Å². The molecule has 1 fully saturated rings. The average molecular weight is 273 g/mol. The van der Waals surface area contributed by atoms with Crippen molar-refractivity contribution in [1.82, 2.24) is 4.90 Å². The molecule has 106 valence electrons. The van der Waals surface area contributed by atoms with Gasteiger partial charge < -0.3 is 9.64 Å². The molecule has 4 heteroatoms. The number of rotatable bonds is 1. The first-order valence-electron chi connectivity index (χ1n) is 7.02. The van der Waals surface area contributed by atoms with Crippen molar-refractivity contribution < 1.29 is 14.3 Å². The third-order valence-corrected chi connectivity index (χ3v) is 4.69. The zero-order valence-corrected chi connectivity index (χ0v) is 12.2. The average Bonchev–Trinajstić information content (AvgIpc) is 2.60. The van der Waals surface area contributed by atoms with Gasteiger partial charge in [0.15, 0.2) is 0 Å². The summed E-state index contributed by atoms with van der Waals surface area (Å²) in [5, 5.41) is 0. The van der Waals surface area contributed by atoms with E-state index in [0.717, 1.165) is 5.56 Å². The monoisotopic (exact) mass is 273 g/mol. The molecule has 0 aromatic heterocycles. The van der Waals surface area contributed by atoms with Crippen LogP contribution in [0.15, 0.2) is 24.3 Å². The Morgan fingerprint density at radius 2 is 1.90 bits per heavy atom. The van der Waals surface area contributed by atoms with Gasteiger partial charge in [-0.25, -0.2) is 0 Å². The number of carbonyl (C=O) groups excluding carboxylic acids is 2.